The lowest BCUT2D eigenvalue weighted by atomic mass is 9.71. The summed E-state index contributed by atoms with van der Waals surface area (Å²) < 4.78 is 5.92. The van der Waals surface area contributed by atoms with Crippen LogP contribution in [0.25, 0.3) is 0 Å². The van der Waals surface area contributed by atoms with Gasteiger partial charge >= 0.3 is 0 Å². The van der Waals surface area contributed by atoms with Gasteiger partial charge in [0, 0.05) is 5.92 Å². The van der Waals surface area contributed by atoms with E-state index in [0.29, 0.717) is 18.1 Å². The van der Waals surface area contributed by atoms with Crippen LogP contribution in [0.3, 0.4) is 0 Å². The van der Waals surface area contributed by atoms with Gasteiger partial charge in [0.1, 0.15) is 0 Å². The van der Waals surface area contributed by atoms with Crippen molar-refractivity contribution in [3.63, 3.8) is 0 Å². The molecule has 2 fully saturated rings. The number of nitrogens with zero attached hydrogens (tertiary/aromatic N) is 1. The summed E-state index contributed by atoms with van der Waals surface area (Å²) in [5.41, 5.74) is 0. The quantitative estimate of drug-likeness (QED) is 0.747. The molecule has 0 unspecified atom stereocenters. The van der Waals surface area contributed by atoms with Gasteiger partial charge in [0.25, 0.3) is 0 Å². The summed E-state index contributed by atoms with van der Waals surface area (Å²) in [4.78, 5) is 0. The van der Waals surface area contributed by atoms with Crippen molar-refractivity contribution >= 4 is 0 Å². The minimum absolute atomic E-state index is 0.349. The topological polar surface area (TPSA) is 33.0 Å². The maximum absolute atomic E-state index is 8.94. The van der Waals surface area contributed by atoms with Crippen molar-refractivity contribution in [2.45, 2.75) is 77.4 Å². The second-order valence-corrected chi connectivity index (χ2v) is 6.46. The molecule has 0 bridgehead atoms. The molecule has 0 aromatic rings. The molecule has 0 saturated heterocycles. The van der Waals surface area contributed by atoms with Crippen LogP contribution in [0, 0.1) is 29.1 Å². The highest BCUT2D eigenvalue weighted by Gasteiger charge is 2.31. The van der Waals surface area contributed by atoms with Crippen molar-refractivity contribution in [1.82, 2.24) is 0 Å². The Morgan fingerprint density at radius 3 is 1.83 bits per heavy atom. The van der Waals surface area contributed by atoms with Crippen molar-refractivity contribution < 1.29 is 4.74 Å². The summed E-state index contributed by atoms with van der Waals surface area (Å²) in [5.74, 6) is 2.16. The van der Waals surface area contributed by atoms with Gasteiger partial charge in [-0.15, -0.1) is 0 Å². The molecule has 0 spiro atoms. The Kier molecular flexibility index (Phi) is 5.06. The predicted molar refractivity (Wildman–Crippen MR) is 73.0 cm³/mol. The Morgan fingerprint density at radius 2 is 1.39 bits per heavy atom. The number of hydrogen-bond donors (Lipinski definition) is 0. The first-order valence-corrected chi connectivity index (χ1v) is 7.74. The molecule has 0 radical (unpaired) electrons. The van der Waals surface area contributed by atoms with Crippen molar-refractivity contribution in [3.8, 4) is 6.07 Å². The van der Waals surface area contributed by atoms with Gasteiger partial charge in [-0.25, -0.2) is 0 Å². The largest absolute Gasteiger partial charge is 0.376 e. The molecule has 2 heteroatoms. The fraction of sp³-hybridized carbons (Fsp3) is 0.938. The molecule has 0 N–H and O–H groups in total. The van der Waals surface area contributed by atoms with E-state index in [1.54, 1.807) is 0 Å². The van der Waals surface area contributed by atoms with Crippen LogP contribution in [0.2, 0.25) is 0 Å². The van der Waals surface area contributed by atoms with E-state index in [1.807, 2.05) is 0 Å². The molecular formula is C16H27NO. The standard InChI is InChI=1S/C16H27NO/c1-12(2)18-16-9-7-15(8-10-16)14-5-3-13(11-17)4-6-14/h12-16H,3-10H2,1-2H3. The van der Waals surface area contributed by atoms with Crippen molar-refractivity contribution in [3.05, 3.63) is 0 Å². The van der Waals surface area contributed by atoms with E-state index >= 15 is 0 Å². The van der Waals surface area contributed by atoms with Gasteiger partial charge in [0.15, 0.2) is 0 Å². The van der Waals surface area contributed by atoms with Crippen LogP contribution in [0.5, 0.6) is 0 Å². The maximum Gasteiger partial charge on any atom is 0.0655 e. The first kappa shape index (κ1) is 13.9. The Morgan fingerprint density at radius 1 is 0.889 bits per heavy atom. The summed E-state index contributed by atoms with van der Waals surface area (Å²) in [7, 11) is 0. The Bertz CT molecular complexity index is 278. The second-order valence-electron chi connectivity index (χ2n) is 6.46. The second kappa shape index (κ2) is 6.57. The maximum atomic E-state index is 8.94. The van der Waals surface area contributed by atoms with E-state index in [9.17, 15) is 0 Å². The van der Waals surface area contributed by atoms with Crippen molar-refractivity contribution in [2.75, 3.05) is 0 Å². The molecular weight excluding hydrogens is 222 g/mol. The zero-order valence-electron chi connectivity index (χ0n) is 11.9. The Balaban J connectivity index is 1.72. The van der Waals surface area contributed by atoms with Gasteiger partial charge in [-0.2, -0.15) is 5.26 Å². The summed E-state index contributed by atoms with van der Waals surface area (Å²) in [6.45, 7) is 4.27. The molecule has 2 nitrogen and oxygen atoms in total. The molecule has 2 aliphatic rings. The Hall–Kier alpha value is -0.550. The summed E-state index contributed by atoms with van der Waals surface area (Å²) in [6.07, 6.45) is 10.9. The third-order valence-electron chi connectivity index (χ3n) is 4.80. The van der Waals surface area contributed by atoms with Gasteiger partial charge in [-0.3, -0.25) is 0 Å². The fourth-order valence-electron chi connectivity index (χ4n) is 3.80. The van der Waals surface area contributed by atoms with Crippen LogP contribution < -0.4 is 0 Å². The smallest absolute Gasteiger partial charge is 0.0655 e. The van der Waals surface area contributed by atoms with E-state index in [0.717, 1.165) is 24.7 Å². The molecule has 2 aliphatic carbocycles. The lowest BCUT2D eigenvalue weighted by Gasteiger charge is -2.37. The van der Waals surface area contributed by atoms with Crippen LogP contribution >= 0.6 is 0 Å². The summed E-state index contributed by atoms with van der Waals surface area (Å²) in [6, 6.07) is 2.44. The predicted octanol–water partition coefficient (Wildman–Crippen LogP) is 4.30. The monoisotopic (exact) mass is 249 g/mol. The number of ether oxygens (including phenoxy) is 1. The highest BCUT2D eigenvalue weighted by Crippen LogP contribution is 2.40. The SMILES string of the molecule is CC(C)OC1CCC(C2CCC(C#N)CC2)CC1. The molecule has 2 saturated carbocycles. The Labute approximate surface area is 112 Å². The normalized spacial score (nSPS) is 37.4. The van der Waals surface area contributed by atoms with Crippen LogP contribution in [-0.4, -0.2) is 12.2 Å². The highest BCUT2D eigenvalue weighted by molar-refractivity contribution is 4.89. The van der Waals surface area contributed by atoms with Gasteiger partial charge in [-0.05, 0) is 77.0 Å². The molecule has 0 aromatic heterocycles. The number of hydrogen-bond acceptors (Lipinski definition) is 2. The van der Waals surface area contributed by atoms with Crippen LogP contribution in [-0.2, 0) is 4.74 Å². The van der Waals surface area contributed by atoms with Crippen LogP contribution in [0.1, 0.15) is 65.2 Å². The van der Waals surface area contributed by atoms with Crippen molar-refractivity contribution in [2.24, 2.45) is 17.8 Å². The molecule has 0 aromatic carbocycles. The average Bonchev–Trinajstić information content (AvgIpc) is 2.39. The molecule has 0 amide bonds. The molecule has 2 rings (SSSR count). The molecule has 18 heavy (non-hydrogen) atoms. The highest BCUT2D eigenvalue weighted by atomic mass is 16.5. The third-order valence-corrected chi connectivity index (χ3v) is 4.80. The summed E-state index contributed by atoms with van der Waals surface area (Å²) >= 11 is 0. The first-order valence-electron chi connectivity index (χ1n) is 7.74. The van der Waals surface area contributed by atoms with E-state index < -0.39 is 0 Å². The molecule has 0 aliphatic heterocycles. The molecule has 102 valence electrons. The summed E-state index contributed by atoms with van der Waals surface area (Å²) in [5, 5.41) is 8.94. The first-order chi connectivity index (χ1) is 8.69. The molecule has 0 heterocycles. The number of rotatable bonds is 3. The van der Waals surface area contributed by atoms with Crippen LogP contribution in [0.4, 0.5) is 0 Å². The average molecular weight is 249 g/mol. The van der Waals surface area contributed by atoms with E-state index in [2.05, 4.69) is 19.9 Å². The lowest BCUT2D eigenvalue weighted by Crippen LogP contribution is -2.29. The minimum atomic E-state index is 0.349. The number of nitriles is 1. The van der Waals surface area contributed by atoms with Crippen LogP contribution in [0.15, 0.2) is 0 Å². The van der Waals surface area contributed by atoms with E-state index in [4.69, 9.17) is 10.00 Å². The van der Waals surface area contributed by atoms with Crippen molar-refractivity contribution in [1.29, 1.82) is 5.26 Å². The van der Waals surface area contributed by atoms with Gasteiger partial charge in [-0.1, -0.05) is 0 Å². The zero-order valence-corrected chi connectivity index (χ0v) is 11.9. The van der Waals surface area contributed by atoms with E-state index in [-0.39, 0.29) is 0 Å². The lowest BCUT2D eigenvalue weighted by molar-refractivity contribution is -0.0264. The van der Waals surface area contributed by atoms with Gasteiger partial charge in [0.2, 0.25) is 0 Å². The molecule has 0 atom stereocenters. The van der Waals surface area contributed by atoms with E-state index in [1.165, 1.54) is 38.5 Å². The van der Waals surface area contributed by atoms with Gasteiger partial charge in [0.05, 0.1) is 18.3 Å². The van der Waals surface area contributed by atoms with Gasteiger partial charge < -0.3 is 4.74 Å². The zero-order chi connectivity index (χ0) is 13.0. The minimum Gasteiger partial charge on any atom is -0.376 e. The third kappa shape index (κ3) is 3.72. The fourth-order valence-corrected chi connectivity index (χ4v) is 3.80.